The highest BCUT2D eigenvalue weighted by atomic mass is 32.2. The van der Waals surface area contributed by atoms with Gasteiger partial charge in [0.1, 0.15) is 11.5 Å². The SMILES string of the molecule is COc1ccc(OC)c(-n2c(CNC(=O)c3cccc(C)c3)nnc2SCC(=O)Nc2cccc(C)c2)c1. The molecule has 1 heterocycles. The number of anilines is 1. The van der Waals surface area contributed by atoms with Gasteiger partial charge in [0.25, 0.3) is 5.91 Å². The van der Waals surface area contributed by atoms with E-state index in [1.807, 2.05) is 56.3 Å². The molecule has 4 rings (SSSR count). The van der Waals surface area contributed by atoms with Crippen LogP contribution in [0.1, 0.15) is 27.3 Å². The second-order valence-electron chi connectivity index (χ2n) is 8.53. The van der Waals surface area contributed by atoms with E-state index in [2.05, 4.69) is 20.8 Å². The summed E-state index contributed by atoms with van der Waals surface area (Å²) in [6, 6.07) is 20.3. The van der Waals surface area contributed by atoms with Gasteiger partial charge in [-0.05, 0) is 55.8 Å². The van der Waals surface area contributed by atoms with Crippen LogP contribution in [0.5, 0.6) is 11.5 Å². The molecule has 10 heteroatoms. The minimum Gasteiger partial charge on any atom is -0.497 e. The highest BCUT2D eigenvalue weighted by Gasteiger charge is 2.20. The lowest BCUT2D eigenvalue weighted by Crippen LogP contribution is -2.24. The molecule has 0 radical (unpaired) electrons. The number of carbonyl (C=O) groups is 2. The van der Waals surface area contributed by atoms with Crippen LogP contribution in [-0.2, 0) is 11.3 Å². The van der Waals surface area contributed by atoms with Crippen molar-refractivity contribution >= 4 is 29.3 Å². The van der Waals surface area contributed by atoms with Crippen molar-refractivity contribution < 1.29 is 19.1 Å². The molecule has 2 N–H and O–H groups in total. The van der Waals surface area contributed by atoms with Crippen LogP contribution in [0.4, 0.5) is 5.69 Å². The van der Waals surface area contributed by atoms with Crippen LogP contribution >= 0.6 is 11.8 Å². The van der Waals surface area contributed by atoms with Gasteiger partial charge in [-0.2, -0.15) is 0 Å². The van der Waals surface area contributed by atoms with Gasteiger partial charge in [-0.3, -0.25) is 14.2 Å². The summed E-state index contributed by atoms with van der Waals surface area (Å²) in [4.78, 5) is 25.5. The highest BCUT2D eigenvalue weighted by Crippen LogP contribution is 2.32. The van der Waals surface area contributed by atoms with Crippen LogP contribution in [0, 0.1) is 13.8 Å². The Morgan fingerprint density at radius 3 is 2.39 bits per heavy atom. The molecule has 0 saturated heterocycles. The minimum absolute atomic E-state index is 0.105. The number of methoxy groups -OCH3 is 2. The second kappa shape index (κ2) is 12.3. The molecule has 0 atom stereocenters. The predicted octanol–water partition coefficient (Wildman–Crippen LogP) is 4.56. The number of benzene rings is 3. The molecule has 0 bridgehead atoms. The summed E-state index contributed by atoms with van der Waals surface area (Å²) in [6.07, 6.45) is 0. The van der Waals surface area contributed by atoms with E-state index in [0.29, 0.717) is 33.7 Å². The topological polar surface area (TPSA) is 107 Å². The Bertz CT molecular complexity index is 1450. The fourth-order valence-corrected chi connectivity index (χ4v) is 4.58. The number of nitrogens with zero attached hydrogens (tertiary/aromatic N) is 3. The third-order valence-electron chi connectivity index (χ3n) is 5.65. The van der Waals surface area contributed by atoms with E-state index in [1.54, 1.807) is 43.1 Å². The monoisotopic (exact) mass is 531 g/mol. The van der Waals surface area contributed by atoms with Crippen molar-refractivity contribution in [2.24, 2.45) is 0 Å². The molecule has 4 aromatic rings. The number of carbonyl (C=O) groups excluding carboxylic acids is 2. The lowest BCUT2D eigenvalue weighted by Gasteiger charge is -2.15. The van der Waals surface area contributed by atoms with Crippen molar-refractivity contribution in [1.82, 2.24) is 20.1 Å². The van der Waals surface area contributed by atoms with Crippen LogP contribution < -0.4 is 20.1 Å². The third-order valence-corrected chi connectivity index (χ3v) is 6.58. The maximum absolute atomic E-state index is 12.8. The van der Waals surface area contributed by atoms with E-state index in [0.717, 1.165) is 16.8 Å². The zero-order chi connectivity index (χ0) is 27.1. The van der Waals surface area contributed by atoms with E-state index in [-0.39, 0.29) is 24.1 Å². The number of nitrogens with one attached hydrogen (secondary N) is 2. The van der Waals surface area contributed by atoms with Crippen LogP contribution in [0.3, 0.4) is 0 Å². The van der Waals surface area contributed by atoms with E-state index in [1.165, 1.54) is 11.8 Å². The maximum Gasteiger partial charge on any atom is 0.251 e. The van der Waals surface area contributed by atoms with E-state index in [4.69, 9.17) is 9.47 Å². The first-order valence-electron chi connectivity index (χ1n) is 11.9. The predicted molar refractivity (Wildman–Crippen MR) is 147 cm³/mol. The summed E-state index contributed by atoms with van der Waals surface area (Å²) in [7, 11) is 3.14. The van der Waals surface area contributed by atoms with Gasteiger partial charge >= 0.3 is 0 Å². The molecule has 0 aliphatic carbocycles. The first kappa shape index (κ1) is 26.7. The molecule has 1 aromatic heterocycles. The number of aromatic nitrogens is 3. The number of aryl methyl sites for hydroxylation is 2. The lowest BCUT2D eigenvalue weighted by atomic mass is 10.1. The fourth-order valence-electron chi connectivity index (χ4n) is 3.82. The molecule has 0 aliphatic heterocycles. The molecule has 0 unspecified atom stereocenters. The smallest absolute Gasteiger partial charge is 0.251 e. The van der Waals surface area contributed by atoms with Crippen molar-refractivity contribution in [3.8, 4) is 17.2 Å². The number of ether oxygens (including phenoxy) is 2. The van der Waals surface area contributed by atoms with Gasteiger partial charge in [0.15, 0.2) is 11.0 Å². The van der Waals surface area contributed by atoms with Crippen LogP contribution in [-0.4, -0.2) is 46.6 Å². The molecule has 0 spiro atoms. The van der Waals surface area contributed by atoms with Gasteiger partial charge in [-0.25, -0.2) is 0 Å². The minimum atomic E-state index is -0.229. The van der Waals surface area contributed by atoms with Crippen LogP contribution in [0.15, 0.2) is 71.9 Å². The fraction of sp³-hybridized carbons (Fsp3) is 0.214. The van der Waals surface area contributed by atoms with Crippen LogP contribution in [0.2, 0.25) is 0 Å². The number of hydrogen-bond donors (Lipinski definition) is 2. The highest BCUT2D eigenvalue weighted by molar-refractivity contribution is 7.99. The summed E-state index contributed by atoms with van der Waals surface area (Å²) in [5.74, 6) is 1.34. The van der Waals surface area contributed by atoms with Gasteiger partial charge in [-0.15, -0.1) is 10.2 Å². The van der Waals surface area contributed by atoms with Crippen LogP contribution in [0.25, 0.3) is 5.69 Å². The summed E-state index contributed by atoms with van der Waals surface area (Å²) < 4.78 is 12.8. The Balaban J connectivity index is 1.59. The first-order valence-corrected chi connectivity index (χ1v) is 12.9. The molecule has 0 saturated carbocycles. The Morgan fingerprint density at radius 2 is 1.68 bits per heavy atom. The number of hydrogen-bond acceptors (Lipinski definition) is 7. The Morgan fingerprint density at radius 1 is 0.921 bits per heavy atom. The Kier molecular flexibility index (Phi) is 8.65. The average molecular weight is 532 g/mol. The third kappa shape index (κ3) is 6.51. The second-order valence-corrected chi connectivity index (χ2v) is 9.47. The molecular formula is C28H29N5O4S. The molecule has 0 fully saturated rings. The van der Waals surface area contributed by atoms with Crippen molar-refractivity contribution in [2.45, 2.75) is 25.5 Å². The molecule has 3 aromatic carbocycles. The molecular weight excluding hydrogens is 502 g/mol. The molecule has 38 heavy (non-hydrogen) atoms. The summed E-state index contributed by atoms with van der Waals surface area (Å²) in [5.41, 5.74) is 3.95. The van der Waals surface area contributed by atoms with Gasteiger partial charge < -0.3 is 20.1 Å². The van der Waals surface area contributed by atoms with Crippen molar-refractivity contribution in [3.63, 3.8) is 0 Å². The number of amides is 2. The Hall–Kier alpha value is -4.31. The molecule has 0 aliphatic rings. The van der Waals surface area contributed by atoms with Crippen molar-refractivity contribution in [2.75, 3.05) is 25.3 Å². The quantitative estimate of drug-likeness (QED) is 0.289. The zero-order valence-electron chi connectivity index (χ0n) is 21.6. The Labute approximate surface area is 225 Å². The normalized spacial score (nSPS) is 10.6. The van der Waals surface area contributed by atoms with Gasteiger partial charge in [0.05, 0.1) is 32.2 Å². The molecule has 9 nitrogen and oxygen atoms in total. The molecule has 196 valence electrons. The van der Waals surface area contributed by atoms with Gasteiger partial charge in [0, 0.05) is 17.3 Å². The zero-order valence-corrected chi connectivity index (χ0v) is 22.5. The van der Waals surface area contributed by atoms with E-state index < -0.39 is 0 Å². The van der Waals surface area contributed by atoms with E-state index in [9.17, 15) is 9.59 Å². The van der Waals surface area contributed by atoms with Gasteiger partial charge in [0.2, 0.25) is 5.91 Å². The summed E-state index contributed by atoms with van der Waals surface area (Å²) >= 11 is 1.23. The standard InChI is InChI=1S/C28H29N5O4S/c1-18-7-5-9-20(13-18)27(35)29-16-25-31-32-28(33(25)23-15-22(36-3)11-12-24(23)37-4)38-17-26(34)30-21-10-6-8-19(2)14-21/h5-15H,16-17H2,1-4H3,(H,29,35)(H,30,34). The number of thioether (sulfide) groups is 1. The average Bonchev–Trinajstić information content (AvgIpc) is 3.32. The first-order chi connectivity index (χ1) is 18.4. The molecule has 2 amide bonds. The summed E-state index contributed by atoms with van der Waals surface area (Å²) in [6.45, 7) is 4.00. The summed E-state index contributed by atoms with van der Waals surface area (Å²) in [5, 5.41) is 14.9. The van der Waals surface area contributed by atoms with Gasteiger partial charge in [-0.1, -0.05) is 41.6 Å². The largest absolute Gasteiger partial charge is 0.497 e. The lowest BCUT2D eigenvalue weighted by molar-refractivity contribution is -0.113. The maximum atomic E-state index is 12.8. The number of rotatable bonds is 10. The van der Waals surface area contributed by atoms with Crippen molar-refractivity contribution in [3.05, 3.63) is 89.2 Å². The van der Waals surface area contributed by atoms with E-state index >= 15 is 0 Å². The van der Waals surface area contributed by atoms with Crippen molar-refractivity contribution in [1.29, 1.82) is 0 Å².